The smallest absolute Gasteiger partial charge is 0.407 e. The van der Waals surface area contributed by atoms with Crippen LogP contribution in [0, 0.1) is 5.92 Å². The summed E-state index contributed by atoms with van der Waals surface area (Å²) in [5, 5.41) is 8.47. The van der Waals surface area contributed by atoms with Gasteiger partial charge in [0.05, 0.1) is 12.2 Å². The minimum Gasteiger partial charge on any atom is -0.449 e. The van der Waals surface area contributed by atoms with Crippen molar-refractivity contribution in [1.82, 2.24) is 16.0 Å². The molecule has 0 atom stereocenters. The lowest BCUT2D eigenvalue weighted by atomic mass is 10.1. The number of ether oxygens (including phenoxy) is 2. The molecule has 0 aliphatic heterocycles. The van der Waals surface area contributed by atoms with E-state index in [1.165, 1.54) is 0 Å². The zero-order valence-electron chi connectivity index (χ0n) is 18.0. The summed E-state index contributed by atoms with van der Waals surface area (Å²) in [5.74, 6) is 0.595. The Morgan fingerprint density at radius 3 is 2.11 bits per heavy atom. The van der Waals surface area contributed by atoms with E-state index in [-0.39, 0.29) is 17.7 Å². The molecule has 0 aliphatic rings. The third-order valence-electron chi connectivity index (χ3n) is 4.14. The fourth-order valence-electron chi connectivity index (χ4n) is 2.44. The minimum atomic E-state index is -0.373. The van der Waals surface area contributed by atoms with E-state index in [0.29, 0.717) is 45.2 Å². The van der Waals surface area contributed by atoms with E-state index in [1.54, 1.807) is 0 Å². The molecule has 3 N–H and O–H groups in total. The molecule has 3 amide bonds. The first kappa shape index (κ1) is 25.5. The molecule has 0 rings (SSSR count). The fraction of sp³-hybridized carbons (Fsp3) is 0.900. The van der Waals surface area contributed by atoms with Crippen molar-refractivity contribution in [3.05, 3.63) is 0 Å². The van der Waals surface area contributed by atoms with Crippen LogP contribution in [0.15, 0.2) is 0 Å². The topological polar surface area (TPSA) is 88.7 Å². The normalized spacial score (nSPS) is 11.3. The first-order chi connectivity index (χ1) is 12.8. The van der Waals surface area contributed by atoms with Crippen LogP contribution in [-0.2, 0) is 9.47 Å². The number of alkyl carbamates (subject to hydrolysis) is 1. The standard InChI is InChI=1S/C20H41N3O4/c1-6-27-20(4,5)12-16-26-19(25)23-14-10-8-7-9-13-21-18(24)22-15-11-17(2)3/h17H,6-16H2,1-5H3,(H,23,25)(H2,21,22,24). The van der Waals surface area contributed by atoms with Crippen LogP contribution in [0.5, 0.6) is 0 Å². The molecule has 0 saturated carbocycles. The lowest BCUT2D eigenvalue weighted by Gasteiger charge is -2.24. The van der Waals surface area contributed by atoms with Gasteiger partial charge in [0.25, 0.3) is 0 Å². The molecule has 0 heterocycles. The average Bonchev–Trinajstić information content (AvgIpc) is 2.56. The second-order valence-corrected chi connectivity index (χ2v) is 7.78. The fourth-order valence-corrected chi connectivity index (χ4v) is 2.44. The molecule has 0 radical (unpaired) electrons. The Balaban J connectivity index is 3.43. The first-order valence-electron chi connectivity index (χ1n) is 10.3. The Kier molecular flexibility index (Phi) is 14.7. The van der Waals surface area contributed by atoms with Crippen molar-refractivity contribution in [3.8, 4) is 0 Å². The zero-order valence-corrected chi connectivity index (χ0v) is 18.0. The lowest BCUT2D eigenvalue weighted by Crippen LogP contribution is -2.36. The van der Waals surface area contributed by atoms with E-state index >= 15 is 0 Å². The summed E-state index contributed by atoms with van der Waals surface area (Å²) < 4.78 is 10.7. The summed E-state index contributed by atoms with van der Waals surface area (Å²) in [6, 6.07) is -0.0902. The number of urea groups is 1. The Hall–Kier alpha value is -1.50. The maximum absolute atomic E-state index is 11.6. The van der Waals surface area contributed by atoms with E-state index in [1.807, 2.05) is 20.8 Å². The molecular formula is C20H41N3O4. The van der Waals surface area contributed by atoms with Gasteiger partial charge in [-0.2, -0.15) is 0 Å². The van der Waals surface area contributed by atoms with Gasteiger partial charge in [-0.3, -0.25) is 0 Å². The molecule has 0 unspecified atom stereocenters. The molecule has 0 spiro atoms. The summed E-state index contributed by atoms with van der Waals surface area (Å²) in [5.41, 5.74) is -0.269. The number of carbonyl (C=O) groups is 2. The molecule has 0 aromatic rings. The summed E-state index contributed by atoms with van der Waals surface area (Å²) in [4.78, 5) is 23.1. The lowest BCUT2D eigenvalue weighted by molar-refractivity contribution is -0.0273. The van der Waals surface area contributed by atoms with Crippen LogP contribution >= 0.6 is 0 Å². The number of rotatable bonds is 15. The molecule has 27 heavy (non-hydrogen) atoms. The van der Waals surface area contributed by atoms with Gasteiger partial charge in [0.1, 0.15) is 0 Å². The number of unbranched alkanes of at least 4 members (excludes halogenated alkanes) is 3. The molecule has 0 saturated heterocycles. The van der Waals surface area contributed by atoms with Crippen molar-refractivity contribution in [1.29, 1.82) is 0 Å². The maximum atomic E-state index is 11.6. The van der Waals surface area contributed by atoms with Crippen molar-refractivity contribution in [2.24, 2.45) is 5.92 Å². The van der Waals surface area contributed by atoms with Crippen molar-refractivity contribution < 1.29 is 19.1 Å². The minimum absolute atomic E-state index is 0.0902. The predicted octanol–water partition coefficient (Wildman–Crippen LogP) is 3.82. The van der Waals surface area contributed by atoms with Gasteiger partial charge < -0.3 is 25.4 Å². The number of amides is 3. The number of hydrogen-bond acceptors (Lipinski definition) is 4. The summed E-state index contributed by atoms with van der Waals surface area (Å²) in [6.45, 7) is 13.2. The highest BCUT2D eigenvalue weighted by Crippen LogP contribution is 2.13. The number of nitrogens with one attached hydrogen (secondary N) is 3. The molecular weight excluding hydrogens is 346 g/mol. The SMILES string of the molecule is CCOC(C)(C)CCOC(=O)NCCCCCCNC(=O)NCCC(C)C. The first-order valence-corrected chi connectivity index (χ1v) is 10.3. The van der Waals surface area contributed by atoms with Gasteiger partial charge in [0, 0.05) is 32.7 Å². The van der Waals surface area contributed by atoms with E-state index < -0.39 is 0 Å². The van der Waals surface area contributed by atoms with Gasteiger partial charge in [-0.25, -0.2) is 9.59 Å². The zero-order chi connectivity index (χ0) is 20.5. The molecule has 7 heteroatoms. The molecule has 160 valence electrons. The quantitative estimate of drug-likeness (QED) is 0.373. The van der Waals surface area contributed by atoms with Crippen LogP contribution < -0.4 is 16.0 Å². The van der Waals surface area contributed by atoms with Crippen molar-refractivity contribution in [3.63, 3.8) is 0 Å². The van der Waals surface area contributed by atoms with Gasteiger partial charge in [-0.15, -0.1) is 0 Å². The molecule has 0 aromatic carbocycles. The molecule has 0 aliphatic carbocycles. The summed E-state index contributed by atoms with van der Waals surface area (Å²) >= 11 is 0. The highest BCUT2D eigenvalue weighted by Gasteiger charge is 2.18. The van der Waals surface area contributed by atoms with Gasteiger partial charge in [0.15, 0.2) is 0 Å². The Labute approximate surface area is 165 Å². The maximum Gasteiger partial charge on any atom is 0.407 e. The molecule has 0 aromatic heterocycles. The highest BCUT2D eigenvalue weighted by molar-refractivity contribution is 5.73. The van der Waals surface area contributed by atoms with Crippen molar-refractivity contribution in [2.45, 2.75) is 78.7 Å². The summed E-state index contributed by atoms with van der Waals surface area (Å²) in [6.07, 6.45) is 5.16. The Morgan fingerprint density at radius 1 is 0.926 bits per heavy atom. The molecule has 0 bridgehead atoms. The van der Waals surface area contributed by atoms with Gasteiger partial charge >= 0.3 is 12.1 Å². The van der Waals surface area contributed by atoms with E-state index in [9.17, 15) is 9.59 Å². The Bertz CT molecular complexity index is 401. The highest BCUT2D eigenvalue weighted by atomic mass is 16.6. The van der Waals surface area contributed by atoms with Gasteiger partial charge in [0.2, 0.25) is 0 Å². The monoisotopic (exact) mass is 387 g/mol. The largest absolute Gasteiger partial charge is 0.449 e. The Morgan fingerprint density at radius 2 is 1.52 bits per heavy atom. The molecule has 0 fully saturated rings. The van der Waals surface area contributed by atoms with Crippen LogP contribution in [0.25, 0.3) is 0 Å². The van der Waals surface area contributed by atoms with Crippen LogP contribution in [0.2, 0.25) is 0 Å². The van der Waals surface area contributed by atoms with E-state index in [4.69, 9.17) is 9.47 Å². The van der Waals surface area contributed by atoms with Crippen LogP contribution in [0.3, 0.4) is 0 Å². The van der Waals surface area contributed by atoms with Crippen LogP contribution in [-0.4, -0.2) is 50.6 Å². The van der Waals surface area contributed by atoms with Crippen molar-refractivity contribution >= 4 is 12.1 Å². The summed E-state index contributed by atoms with van der Waals surface area (Å²) in [7, 11) is 0. The van der Waals surface area contributed by atoms with E-state index in [0.717, 1.165) is 32.1 Å². The predicted molar refractivity (Wildman–Crippen MR) is 109 cm³/mol. The van der Waals surface area contributed by atoms with Crippen LogP contribution in [0.1, 0.15) is 73.1 Å². The average molecular weight is 388 g/mol. The number of carbonyl (C=O) groups excluding carboxylic acids is 2. The third-order valence-corrected chi connectivity index (χ3v) is 4.14. The van der Waals surface area contributed by atoms with Crippen LogP contribution in [0.4, 0.5) is 9.59 Å². The van der Waals surface area contributed by atoms with Gasteiger partial charge in [-0.05, 0) is 46.0 Å². The molecule has 7 nitrogen and oxygen atoms in total. The second-order valence-electron chi connectivity index (χ2n) is 7.78. The second kappa shape index (κ2) is 15.5. The van der Waals surface area contributed by atoms with Crippen molar-refractivity contribution in [2.75, 3.05) is 32.8 Å². The van der Waals surface area contributed by atoms with E-state index in [2.05, 4.69) is 29.8 Å². The third kappa shape index (κ3) is 17.7. The van der Waals surface area contributed by atoms with Gasteiger partial charge in [-0.1, -0.05) is 26.7 Å². The number of hydrogen-bond donors (Lipinski definition) is 3.